The van der Waals surface area contributed by atoms with E-state index in [1.165, 1.54) is 11.8 Å². The molecule has 0 aliphatic carbocycles. The molecule has 1 rings (SSSR count). The van der Waals surface area contributed by atoms with Crippen LogP contribution in [0.25, 0.3) is 0 Å². The first-order valence-corrected chi connectivity index (χ1v) is 6.72. The Morgan fingerprint density at radius 2 is 2.11 bits per heavy atom. The largest absolute Gasteiger partial charge is 0.481 e. The number of nitrogens with zero attached hydrogens (tertiary/aromatic N) is 3. The standard InChI is InChI=1S/C11H19N3O3S/c1-5-14-8(6-17-11(2,3)4)12-13-10(14)18-7-9(15)16/h5-7H2,1-4H3,(H,15,16). The summed E-state index contributed by atoms with van der Waals surface area (Å²) in [6.07, 6.45) is 0. The molecule has 0 unspecified atom stereocenters. The highest BCUT2D eigenvalue weighted by Gasteiger charge is 2.16. The molecule has 1 aromatic heterocycles. The lowest BCUT2D eigenvalue weighted by Gasteiger charge is -2.19. The molecule has 0 spiro atoms. The van der Waals surface area contributed by atoms with Crippen LogP contribution in [-0.4, -0.2) is 37.2 Å². The minimum Gasteiger partial charge on any atom is -0.481 e. The molecule has 0 aromatic carbocycles. The number of thioether (sulfide) groups is 1. The monoisotopic (exact) mass is 273 g/mol. The number of aromatic nitrogens is 3. The van der Waals surface area contributed by atoms with Gasteiger partial charge in [-0.1, -0.05) is 11.8 Å². The fourth-order valence-electron chi connectivity index (χ4n) is 1.26. The SMILES string of the molecule is CCn1c(COC(C)(C)C)nnc1SCC(=O)O. The van der Waals surface area contributed by atoms with E-state index in [2.05, 4.69) is 10.2 Å². The maximum Gasteiger partial charge on any atom is 0.313 e. The van der Waals surface area contributed by atoms with Crippen molar-refractivity contribution in [1.29, 1.82) is 0 Å². The molecule has 0 aliphatic heterocycles. The summed E-state index contributed by atoms with van der Waals surface area (Å²) in [7, 11) is 0. The average molecular weight is 273 g/mol. The second-order valence-corrected chi connectivity index (χ2v) is 5.67. The molecule has 102 valence electrons. The summed E-state index contributed by atoms with van der Waals surface area (Å²) in [5.74, 6) is -0.156. The van der Waals surface area contributed by atoms with Crippen molar-refractivity contribution >= 4 is 17.7 Å². The van der Waals surface area contributed by atoms with E-state index in [0.29, 0.717) is 18.3 Å². The predicted molar refractivity (Wildman–Crippen MR) is 68.6 cm³/mol. The molecule has 0 amide bonds. The summed E-state index contributed by atoms with van der Waals surface area (Å²) >= 11 is 1.17. The zero-order chi connectivity index (χ0) is 13.8. The van der Waals surface area contributed by atoms with Crippen LogP contribution in [0.15, 0.2) is 5.16 Å². The topological polar surface area (TPSA) is 77.2 Å². The van der Waals surface area contributed by atoms with Gasteiger partial charge in [-0.15, -0.1) is 10.2 Å². The first kappa shape index (κ1) is 15.0. The van der Waals surface area contributed by atoms with E-state index in [0.717, 1.165) is 5.82 Å². The van der Waals surface area contributed by atoms with Crippen molar-refractivity contribution in [3.05, 3.63) is 5.82 Å². The van der Waals surface area contributed by atoms with Gasteiger partial charge in [0.05, 0.1) is 11.4 Å². The highest BCUT2D eigenvalue weighted by Crippen LogP contribution is 2.18. The maximum atomic E-state index is 10.5. The highest BCUT2D eigenvalue weighted by molar-refractivity contribution is 7.99. The van der Waals surface area contributed by atoms with Crippen molar-refractivity contribution in [2.24, 2.45) is 0 Å². The second kappa shape index (κ2) is 6.19. The quantitative estimate of drug-likeness (QED) is 0.796. The van der Waals surface area contributed by atoms with Gasteiger partial charge in [0.25, 0.3) is 0 Å². The van der Waals surface area contributed by atoms with Crippen LogP contribution in [0, 0.1) is 0 Å². The second-order valence-electron chi connectivity index (χ2n) is 4.73. The smallest absolute Gasteiger partial charge is 0.313 e. The zero-order valence-corrected chi connectivity index (χ0v) is 12.0. The van der Waals surface area contributed by atoms with Gasteiger partial charge in [0, 0.05) is 6.54 Å². The fourth-order valence-corrected chi connectivity index (χ4v) is 2.00. The molecule has 6 nitrogen and oxygen atoms in total. The molecule has 0 atom stereocenters. The van der Waals surface area contributed by atoms with E-state index in [9.17, 15) is 4.79 Å². The van der Waals surface area contributed by atoms with Crippen molar-refractivity contribution < 1.29 is 14.6 Å². The van der Waals surface area contributed by atoms with Gasteiger partial charge in [-0.05, 0) is 27.7 Å². The molecule has 0 fully saturated rings. The molecule has 1 N–H and O–H groups in total. The third-order valence-corrected chi connectivity index (χ3v) is 3.02. The van der Waals surface area contributed by atoms with Gasteiger partial charge in [-0.25, -0.2) is 0 Å². The number of ether oxygens (including phenoxy) is 1. The van der Waals surface area contributed by atoms with Gasteiger partial charge >= 0.3 is 5.97 Å². The summed E-state index contributed by atoms with van der Waals surface area (Å²) < 4.78 is 7.52. The van der Waals surface area contributed by atoms with Crippen LogP contribution >= 0.6 is 11.8 Å². The molecular formula is C11H19N3O3S. The van der Waals surface area contributed by atoms with E-state index in [4.69, 9.17) is 9.84 Å². The van der Waals surface area contributed by atoms with E-state index in [1.807, 2.05) is 32.3 Å². The van der Waals surface area contributed by atoms with Crippen LogP contribution in [0.5, 0.6) is 0 Å². The van der Waals surface area contributed by atoms with Crippen molar-refractivity contribution in [3.8, 4) is 0 Å². The normalized spacial score (nSPS) is 11.8. The highest BCUT2D eigenvalue weighted by atomic mass is 32.2. The molecule has 0 saturated carbocycles. The summed E-state index contributed by atoms with van der Waals surface area (Å²) in [6, 6.07) is 0. The summed E-state index contributed by atoms with van der Waals surface area (Å²) in [5.41, 5.74) is -0.237. The molecule has 7 heteroatoms. The number of carboxylic acid groups (broad SMARTS) is 1. The Labute approximate surface area is 111 Å². The molecule has 1 heterocycles. The number of rotatable bonds is 6. The first-order valence-electron chi connectivity index (χ1n) is 5.74. The molecular weight excluding hydrogens is 254 g/mol. The summed E-state index contributed by atoms with van der Waals surface area (Å²) in [5, 5.41) is 17.3. The number of carboxylic acids is 1. The predicted octanol–water partition coefficient (Wildman–Crippen LogP) is 1.79. The number of hydrogen-bond donors (Lipinski definition) is 1. The van der Waals surface area contributed by atoms with Crippen LogP contribution in [0.3, 0.4) is 0 Å². The Balaban J connectivity index is 2.72. The van der Waals surface area contributed by atoms with E-state index in [1.54, 1.807) is 0 Å². The minimum absolute atomic E-state index is 0.0156. The lowest BCUT2D eigenvalue weighted by Crippen LogP contribution is -2.20. The molecule has 0 radical (unpaired) electrons. The summed E-state index contributed by atoms with van der Waals surface area (Å²) in [4.78, 5) is 10.5. The van der Waals surface area contributed by atoms with Crippen LogP contribution in [0.2, 0.25) is 0 Å². The summed E-state index contributed by atoms with van der Waals surface area (Å²) in [6.45, 7) is 8.95. The van der Waals surface area contributed by atoms with Crippen molar-refractivity contribution in [1.82, 2.24) is 14.8 Å². The van der Waals surface area contributed by atoms with Gasteiger partial charge in [-0.2, -0.15) is 0 Å². The maximum absolute atomic E-state index is 10.5. The number of aliphatic carboxylic acids is 1. The minimum atomic E-state index is -0.863. The van der Waals surface area contributed by atoms with Crippen molar-refractivity contribution in [3.63, 3.8) is 0 Å². The Kier molecular flexibility index (Phi) is 5.15. The van der Waals surface area contributed by atoms with Crippen LogP contribution in [0.4, 0.5) is 0 Å². The lowest BCUT2D eigenvalue weighted by atomic mass is 10.2. The molecule has 0 bridgehead atoms. The third-order valence-electron chi connectivity index (χ3n) is 2.07. The van der Waals surface area contributed by atoms with Gasteiger partial charge in [0.1, 0.15) is 6.61 Å². The molecule has 1 aromatic rings. The molecule has 0 aliphatic rings. The van der Waals surface area contributed by atoms with E-state index >= 15 is 0 Å². The van der Waals surface area contributed by atoms with E-state index in [-0.39, 0.29) is 11.4 Å². The Bertz CT molecular complexity index is 412. The van der Waals surface area contributed by atoms with Gasteiger partial charge in [0.2, 0.25) is 0 Å². The van der Waals surface area contributed by atoms with E-state index < -0.39 is 5.97 Å². The Morgan fingerprint density at radius 3 is 2.61 bits per heavy atom. The van der Waals surface area contributed by atoms with Gasteiger partial charge < -0.3 is 14.4 Å². The van der Waals surface area contributed by atoms with Crippen LogP contribution in [0.1, 0.15) is 33.5 Å². The van der Waals surface area contributed by atoms with Crippen LogP contribution in [-0.2, 0) is 22.7 Å². The number of carbonyl (C=O) groups is 1. The zero-order valence-electron chi connectivity index (χ0n) is 11.1. The Morgan fingerprint density at radius 1 is 1.44 bits per heavy atom. The first-order chi connectivity index (χ1) is 8.33. The van der Waals surface area contributed by atoms with Crippen molar-refractivity contribution in [2.45, 2.75) is 51.6 Å². The number of hydrogen-bond acceptors (Lipinski definition) is 5. The molecule has 0 saturated heterocycles. The molecule has 18 heavy (non-hydrogen) atoms. The Hall–Kier alpha value is -1.08. The fraction of sp³-hybridized carbons (Fsp3) is 0.727. The van der Waals surface area contributed by atoms with Crippen molar-refractivity contribution in [2.75, 3.05) is 5.75 Å². The van der Waals surface area contributed by atoms with Gasteiger partial charge in [0.15, 0.2) is 11.0 Å². The average Bonchev–Trinajstić information content (AvgIpc) is 2.64. The third kappa shape index (κ3) is 4.66. The lowest BCUT2D eigenvalue weighted by molar-refractivity contribution is -0.133. The van der Waals surface area contributed by atoms with Crippen LogP contribution < -0.4 is 0 Å². The van der Waals surface area contributed by atoms with Gasteiger partial charge in [-0.3, -0.25) is 4.79 Å².